The SMILES string of the molecule is CCCC[N+](CCC)(CCC)CCC.[Cl-]. The van der Waals surface area contributed by atoms with Crippen molar-refractivity contribution in [1.29, 1.82) is 0 Å². The number of rotatable bonds is 9. The summed E-state index contributed by atoms with van der Waals surface area (Å²) < 4.78 is 1.39. The van der Waals surface area contributed by atoms with Crippen LogP contribution in [0, 0.1) is 0 Å². The predicted octanol–water partition coefficient (Wildman–Crippen LogP) is 0.837. The van der Waals surface area contributed by atoms with E-state index in [1.54, 1.807) is 0 Å². The van der Waals surface area contributed by atoms with Crippen molar-refractivity contribution in [3.05, 3.63) is 0 Å². The summed E-state index contributed by atoms with van der Waals surface area (Å²) in [5, 5.41) is 0. The van der Waals surface area contributed by atoms with E-state index in [1.165, 1.54) is 62.8 Å². The van der Waals surface area contributed by atoms with Crippen LogP contribution in [0.4, 0.5) is 0 Å². The number of quaternary nitrogens is 1. The van der Waals surface area contributed by atoms with Gasteiger partial charge in [0.05, 0.1) is 26.2 Å². The lowest BCUT2D eigenvalue weighted by molar-refractivity contribution is -0.928. The fourth-order valence-corrected chi connectivity index (χ4v) is 2.59. The third-order valence-electron chi connectivity index (χ3n) is 3.08. The largest absolute Gasteiger partial charge is 1.00 e. The smallest absolute Gasteiger partial charge is 0.0786 e. The molecule has 0 fully saturated rings. The third-order valence-corrected chi connectivity index (χ3v) is 3.08. The highest BCUT2D eigenvalue weighted by molar-refractivity contribution is 4.45. The van der Waals surface area contributed by atoms with Gasteiger partial charge < -0.3 is 16.9 Å². The number of hydrogen-bond acceptors (Lipinski definition) is 0. The fraction of sp³-hybridized carbons (Fsp3) is 1.00. The molecule has 0 spiro atoms. The summed E-state index contributed by atoms with van der Waals surface area (Å²) in [6, 6.07) is 0. The van der Waals surface area contributed by atoms with Crippen molar-refractivity contribution in [2.75, 3.05) is 26.2 Å². The van der Waals surface area contributed by atoms with Gasteiger partial charge in [-0.25, -0.2) is 0 Å². The normalized spacial score (nSPS) is 11.2. The van der Waals surface area contributed by atoms with Gasteiger partial charge in [-0.2, -0.15) is 0 Å². The molecule has 2 heteroatoms. The fourth-order valence-electron chi connectivity index (χ4n) is 2.59. The Bertz CT molecular complexity index is 109. The minimum absolute atomic E-state index is 0. The molecule has 15 heavy (non-hydrogen) atoms. The average Bonchev–Trinajstić information content (AvgIpc) is 2.16. The molecule has 0 radical (unpaired) electrons. The molecule has 0 aromatic carbocycles. The number of unbranched alkanes of at least 4 members (excludes halogenated alkanes) is 1. The van der Waals surface area contributed by atoms with Gasteiger partial charge in [0.25, 0.3) is 0 Å². The zero-order chi connectivity index (χ0) is 10.9. The first kappa shape index (κ1) is 17.6. The molecule has 0 rings (SSSR count). The van der Waals surface area contributed by atoms with Crippen molar-refractivity contribution >= 4 is 0 Å². The van der Waals surface area contributed by atoms with Crippen molar-refractivity contribution in [2.24, 2.45) is 0 Å². The maximum atomic E-state index is 2.32. The highest BCUT2D eigenvalue weighted by Gasteiger charge is 2.23. The van der Waals surface area contributed by atoms with Crippen LogP contribution in [-0.2, 0) is 0 Å². The molecule has 0 saturated heterocycles. The van der Waals surface area contributed by atoms with Crippen molar-refractivity contribution in [3.8, 4) is 0 Å². The highest BCUT2D eigenvalue weighted by Crippen LogP contribution is 2.13. The first-order chi connectivity index (χ1) is 6.74. The zero-order valence-electron chi connectivity index (χ0n) is 11.2. The molecule has 0 aliphatic rings. The van der Waals surface area contributed by atoms with Gasteiger partial charge in [0, 0.05) is 0 Å². The van der Waals surface area contributed by atoms with Gasteiger partial charge in [0.15, 0.2) is 0 Å². The Kier molecular flexibility index (Phi) is 12.6. The van der Waals surface area contributed by atoms with E-state index in [0.717, 1.165) is 0 Å². The van der Waals surface area contributed by atoms with Crippen molar-refractivity contribution < 1.29 is 16.9 Å². The molecule has 0 aromatic rings. The van der Waals surface area contributed by atoms with Crippen LogP contribution in [0.1, 0.15) is 59.8 Å². The topological polar surface area (TPSA) is 0 Å². The second-order valence-electron chi connectivity index (χ2n) is 4.59. The lowest BCUT2D eigenvalue weighted by Crippen LogP contribution is -3.00. The molecule has 0 unspecified atom stereocenters. The Morgan fingerprint density at radius 3 is 1.27 bits per heavy atom. The monoisotopic (exact) mass is 235 g/mol. The van der Waals surface area contributed by atoms with E-state index in [-0.39, 0.29) is 12.4 Å². The van der Waals surface area contributed by atoms with E-state index in [9.17, 15) is 0 Å². The van der Waals surface area contributed by atoms with Gasteiger partial charge in [-0.3, -0.25) is 0 Å². The van der Waals surface area contributed by atoms with E-state index in [2.05, 4.69) is 27.7 Å². The number of halogens is 1. The maximum Gasteiger partial charge on any atom is 0.0786 e. The Hall–Kier alpha value is 0.250. The summed E-state index contributed by atoms with van der Waals surface area (Å²) in [6.45, 7) is 14.9. The summed E-state index contributed by atoms with van der Waals surface area (Å²) in [6.07, 6.45) is 6.76. The average molecular weight is 236 g/mol. The van der Waals surface area contributed by atoms with E-state index in [4.69, 9.17) is 0 Å². The lowest BCUT2D eigenvalue weighted by atomic mass is 10.2. The van der Waals surface area contributed by atoms with Crippen LogP contribution < -0.4 is 12.4 Å². The second kappa shape index (κ2) is 10.8. The number of nitrogens with zero attached hydrogens (tertiary/aromatic N) is 1. The molecule has 0 N–H and O–H groups in total. The summed E-state index contributed by atoms with van der Waals surface area (Å²) in [5.41, 5.74) is 0. The minimum atomic E-state index is 0. The Morgan fingerprint density at radius 2 is 1.00 bits per heavy atom. The summed E-state index contributed by atoms with van der Waals surface area (Å²) in [4.78, 5) is 0. The van der Waals surface area contributed by atoms with Gasteiger partial charge in [-0.05, 0) is 25.7 Å². The van der Waals surface area contributed by atoms with E-state index >= 15 is 0 Å². The second-order valence-corrected chi connectivity index (χ2v) is 4.59. The van der Waals surface area contributed by atoms with Gasteiger partial charge in [-0.1, -0.05) is 34.1 Å². The molecule has 0 heterocycles. The van der Waals surface area contributed by atoms with E-state index < -0.39 is 0 Å². The van der Waals surface area contributed by atoms with Crippen molar-refractivity contribution in [2.45, 2.75) is 59.8 Å². The van der Waals surface area contributed by atoms with E-state index in [1.807, 2.05) is 0 Å². The van der Waals surface area contributed by atoms with Crippen molar-refractivity contribution in [1.82, 2.24) is 0 Å². The third kappa shape index (κ3) is 7.19. The van der Waals surface area contributed by atoms with Crippen LogP contribution in [0.5, 0.6) is 0 Å². The minimum Gasteiger partial charge on any atom is -1.00 e. The predicted molar refractivity (Wildman–Crippen MR) is 65.5 cm³/mol. The summed E-state index contributed by atoms with van der Waals surface area (Å²) in [5.74, 6) is 0. The maximum absolute atomic E-state index is 2.32. The van der Waals surface area contributed by atoms with Gasteiger partial charge in [0.2, 0.25) is 0 Å². The van der Waals surface area contributed by atoms with E-state index in [0.29, 0.717) is 0 Å². The van der Waals surface area contributed by atoms with Crippen LogP contribution >= 0.6 is 0 Å². The molecule has 0 aromatic heterocycles. The lowest BCUT2D eigenvalue weighted by Gasteiger charge is -2.38. The molecule has 0 atom stereocenters. The quantitative estimate of drug-likeness (QED) is 0.520. The summed E-state index contributed by atoms with van der Waals surface area (Å²) in [7, 11) is 0. The molecule has 0 amide bonds. The Labute approximate surface area is 103 Å². The Balaban J connectivity index is 0. The molecule has 0 aliphatic heterocycles. The molecule has 1 nitrogen and oxygen atoms in total. The highest BCUT2D eigenvalue weighted by atomic mass is 35.5. The van der Waals surface area contributed by atoms with Crippen molar-refractivity contribution in [3.63, 3.8) is 0 Å². The molecule has 0 saturated carbocycles. The van der Waals surface area contributed by atoms with Crippen LogP contribution in [0.15, 0.2) is 0 Å². The number of hydrogen-bond donors (Lipinski definition) is 0. The first-order valence-corrected chi connectivity index (χ1v) is 6.59. The zero-order valence-corrected chi connectivity index (χ0v) is 11.9. The van der Waals surface area contributed by atoms with Crippen LogP contribution in [0.2, 0.25) is 0 Å². The molecule has 0 bridgehead atoms. The van der Waals surface area contributed by atoms with Gasteiger partial charge in [0.1, 0.15) is 0 Å². The molecule has 0 aliphatic carbocycles. The molecular formula is C13H30ClN. The molecule has 94 valence electrons. The van der Waals surface area contributed by atoms with Crippen LogP contribution in [-0.4, -0.2) is 30.7 Å². The summed E-state index contributed by atoms with van der Waals surface area (Å²) >= 11 is 0. The Morgan fingerprint density at radius 1 is 0.600 bits per heavy atom. The molecular weight excluding hydrogens is 206 g/mol. The van der Waals surface area contributed by atoms with Gasteiger partial charge >= 0.3 is 0 Å². The standard InChI is InChI=1S/C13H30N.ClH/c1-5-9-13-14(10-6-2,11-7-3)12-8-4;/h5-13H2,1-4H3;1H/q+1;/p-1. The first-order valence-electron chi connectivity index (χ1n) is 6.59. The van der Waals surface area contributed by atoms with Crippen LogP contribution in [0.3, 0.4) is 0 Å². The van der Waals surface area contributed by atoms with Crippen LogP contribution in [0.25, 0.3) is 0 Å². The van der Waals surface area contributed by atoms with Gasteiger partial charge in [-0.15, -0.1) is 0 Å².